The van der Waals surface area contributed by atoms with Gasteiger partial charge in [-0.15, -0.1) is 0 Å². The summed E-state index contributed by atoms with van der Waals surface area (Å²) in [6.07, 6.45) is 0.895. The highest BCUT2D eigenvalue weighted by Crippen LogP contribution is 2.17. The first kappa shape index (κ1) is 12.2. The number of pyridine rings is 1. The highest BCUT2D eigenvalue weighted by molar-refractivity contribution is 5.28. The van der Waals surface area contributed by atoms with Crippen molar-refractivity contribution < 1.29 is 23.5 Å². The third-order valence-electron chi connectivity index (χ3n) is 1.59. The molecule has 88 valence electrons. The molecule has 0 saturated carbocycles. The van der Waals surface area contributed by atoms with Crippen molar-refractivity contribution >= 4 is 5.69 Å². The van der Waals surface area contributed by atoms with Gasteiger partial charge in [-0.3, -0.25) is 10.1 Å². The van der Waals surface area contributed by atoms with Crippen LogP contribution < -0.4 is 4.74 Å². The number of alkyl halides is 2. The molecule has 0 radical (unpaired) electrons. The van der Waals surface area contributed by atoms with E-state index in [1.54, 1.807) is 0 Å². The Bertz CT molecular complexity index is 369. The average Bonchev–Trinajstić information content (AvgIpc) is 2.27. The number of hydrogen-bond donors (Lipinski definition) is 1. The third kappa shape index (κ3) is 3.39. The number of aliphatic hydroxyl groups is 1. The first-order valence-corrected chi connectivity index (χ1v) is 4.16. The summed E-state index contributed by atoms with van der Waals surface area (Å²) in [5.41, 5.74) is -0.263. The maximum Gasteiger partial charge on any atom is 0.303 e. The first-order chi connectivity index (χ1) is 7.44. The van der Waals surface area contributed by atoms with Gasteiger partial charge in [-0.25, -0.2) is 13.8 Å². The van der Waals surface area contributed by atoms with Crippen molar-refractivity contribution in [3.63, 3.8) is 0 Å². The summed E-state index contributed by atoms with van der Waals surface area (Å²) in [6, 6.07) is 2.19. The Hall–Kier alpha value is -1.83. The fourth-order valence-corrected chi connectivity index (χ4v) is 0.791. The van der Waals surface area contributed by atoms with E-state index in [2.05, 4.69) is 9.72 Å². The van der Waals surface area contributed by atoms with Crippen molar-refractivity contribution in [2.75, 3.05) is 13.2 Å². The third-order valence-corrected chi connectivity index (χ3v) is 1.59. The van der Waals surface area contributed by atoms with Crippen molar-refractivity contribution in [1.29, 1.82) is 0 Å². The zero-order valence-electron chi connectivity index (χ0n) is 7.97. The minimum absolute atomic E-state index is 0.168. The van der Waals surface area contributed by atoms with Crippen LogP contribution in [-0.4, -0.2) is 34.2 Å². The second-order valence-electron chi connectivity index (χ2n) is 2.91. The molecule has 0 atom stereocenters. The Morgan fingerprint density at radius 2 is 2.25 bits per heavy atom. The molecule has 0 aliphatic rings. The Balaban J connectivity index is 2.59. The molecule has 1 heterocycles. The topological polar surface area (TPSA) is 85.5 Å². The Kier molecular flexibility index (Phi) is 3.67. The molecule has 1 aromatic heterocycles. The van der Waals surface area contributed by atoms with Crippen LogP contribution in [0.3, 0.4) is 0 Å². The zero-order chi connectivity index (χ0) is 12.2. The van der Waals surface area contributed by atoms with Gasteiger partial charge in [0, 0.05) is 12.1 Å². The summed E-state index contributed by atoms with van der Waals surface area (Å²) in [7, 11) is 0. The van der Waals surface area contributed by atoms with E-state index in [1.165, 1.54) is 0 Å². The first-order valence-electron chi connectivity index (χ1n) is 4.16. The molecule has 0 aromatic carbocycles. The number of halogens is 2. The minimum atomic E-state index is -3.36. The van der Waals surface area contributed by atoms with E-state index in [-0.39, 0.29) is 11.6 Å². The van der Waals surface area contributed by atoms with Gasteiger partial charge in [0.1, 0.15) is 12.8 Å². The highest BCUT2D eigenvalue weighted by Gasteiger charge is 2.29. The Morgan fingerprint density at radius 3 is 2.69 bits per heavy atom. The summed E-state index contributed by atoms with van der Waals surface area (Å²) in [4.78, 5) is 13.0. The molecule has 0 aliphatic heterocycles. The van der Waals surface area contributed by atoms with Gasteiger partial charge in [0.2, 0.25) is 5.88 Å². The molecular weight excluding hydrogens is 226 g/mol. The maximum atomic E-state index is 12.5. The fourth-order valence-electron chi connectivity index (χ4n) is 0.791. The highest BCUT2D eigenvalue weighted by atomic mass is 19.3. The van der Waals surface area contributed by atoms with Crippen LogP contribution in [-0.2, 0) is 0 Å². The number of hydrogen-bond acceptors (Lipinski definition) is 5. The van der Waals surface area contributed by atoms with Gasteiger partial charge < -0.3 is 9.84 Å². The smallest absolute Gasteiger partial charge is 0.303 e. The van der Waals surface area contributed by atoms with Crippen molar-refractivity contribution in [3.8, 4) is 5.88 Å². The lowest BCUT2D eigenvalue weighted by atomic mass is 10.4. The summed E-state index contributed by atoms with van der Waals surface area (Å²) in [5.74, 6) is -3.53. The molecule has 1 aromatic rings. The average molecular weight is 234 g/mol. The van der Waals surface area contributed by atoms with Gasteiger partial charge >= 0.3 is 5.92 Å². The molecule has 6 nitrogen and oxygen atoms in total. The second-order valence-corrected chi connectivity index (χ2v) is 2.91. The Morgan fingerprint density at radius 1 is 1.56 bits per heavy atom. The zero-order valence-corrected chi connectivity index (χ0v) is 7.97. The normalized spacial score (nSPS) is 11.2. The van der Waals surface area contributed by atoms with Crippen molar-refractivity contribution in [2.45, 2.75) is 5.92 Å². The molecule has 0 spiro atoms. The van der Waals surface area contributed by atoms with Crippen LogP contribution in [0.1, 0.15) is 0 Å². The van der Waals surface area contributed by atoms with Crippen LogP contribution >= 0.6 is 0 Å². The second kappa shape index (κ2) is 4.79. The molecule has 0 aliphatic carbocycles. The quantitative estimate of drug-likeness (QED) is 0.606. The van der Waals surface area contributed by atoms with E-state index in [0.717, 1.165) is 18.3 Å². The molecule has 0 unspecified atom stereocenters. The predicted octanol–water partition coefficient (Wildman–Crippen LogP) is 0.996. The molecular formula is C8H8F2N2O4. The fraction of sp³-hybridized carbons (Fsp3) is 0.375. The monoisotopic (exact) mass is 234 g/mol. The van der Waals surface area contributed by atoms with E-state index in [1.807, 2.05) is 0 Å². The van der Waals surface area contributed by atoms with Gasteiger partial charge in [0.25, 0.3) is 5.69 Å². The van der Waals surface area contributed by atoms with Crippen LogP contribution in [0.25, 0.3) is 0 Å². The number of ether oxygens (including phenoxy) is 1. The molecule has 0 amide bonds. The lowest BCUT2D eigenvalue weighted by Gasteiger charge is -2.13. The van der Waals surface area contributed by atoms with E-state index < -0.39 is 24.1 Å². The molecule has 1 rings (SSSR count). The summed E-state index contributed by atoms with van der Waals surface area (Å²) in [5, 5.41) is 18.5. The number of rotatable bonds is 5. The Labute approximate surface area is 88.6 Å². The van der Waals surface area contributed by atoms with Crippen LogP contribution in [0.4, 0.5) is 14.5 Å². The molecule has 0 bridgehead atoms. The van der Waals surface area contributed by atoms with Crippen molar-refractivity contribution in [2.24, 2.45) is 0 Å². The summed E-state index contributed by atoms with van der Waals surface area (Å²) < 4.78 is 29.6. The minimum Gasteiger partial charge on any atom is -0.471 e. The molecule has 0 saturated heterocycles. The van der Waals surface area contributed by atoms with Crippen LogP contribution in [0.2, 0.25) is 0 Å². The van der Waals surface area contributed by atoms with Crippen LogP contribution in [0.15, 0.2) is 18.3 Å². The number of aromatic nitrogens is 1. The van der Waals surface area contributed by atoms with Gasteiger partial charge in [0.05, 0.1) is 4.92 Å². The van der Waals surface area contributed by atoms with Gasteiger partial charge in [-0.1, -0.05) is 0 Å². The van der Waals surface area contributed by atoms with E-state index in [0.29, 0.717) is 0 Å². The molecule has 1 N–H and O–H groups in total. The van der Waals surface area contributed by atoms with Gasteiger partial charge in [0.15, 0.2) is 6.61 Å². The number of nitro groups is 1. The van der Waals surface area contributed by atoms with Crippen LogP contribution in [0, 0.1) is 10.1 Å². The molecule has 8 heteroatoms. The van der Waals surface area contributed by atoms with Crippen LogP contribution in [0.5, 0.6) is 5.88 Å². The summed E-state index contributed by atoms with van der Waals surface area (Å²) >= 11 is 0. The van der Waals surface area contributed by atoms with Crippen molar-refractivity contribution in [3.05, 3.63) is 28.4 Å². The van der Waals surface area contributed by atoms with E-state index in [4.69, 9.17) is 5.11 Å². The summed E-state index contributed by atoms with van der Waals surface area (Å²) in [6.45, 7) is -2.37. The number of nitrogens with zero attached hydrogens (tertiary/aromatic N) is 2. The number of aliphatic hydroxyl groups excluding tert-OH is 1. The lowest BCUT2D eigenvalue weighted by Crippen LogP contribution is -2.29. The maximum absolute atomic E-state index is 12.5. The lowest BCUT2D eigenvalue weighted by molar-refractivity contribution is -0.385. The van der Waals surface area contributed by atoms with E-state index in [9.17, 15) is 18.9 Å². The van der Waals surface area contributed by atoms with Crippen molar-refractivity contribution in [1.82, 2.24) is 4.98 Å². The van der Waals surface area contributed by atoms with Gasteiger partial charge in [-0.2, -0.15) is 0 Å². The van der Waals surface area contributed by atoms with E-state index >= 15 is 0 Å². The molecule has 16 heavy (non-hydrogen) atoms. The largest absolute Gasteiger partial charge is 0.471 e. The standard InChI is InChI=1S/C8H8F2N2O4/c9-8(10,4-13)5-16-7-2-1-6(3-11-7)12(14)15/h1-3,13H,4-5H2. The van der Waals surface area contributed by atoms with Gasteiger partial charge in [-0.05, 0) is 0 Å². The SMILES string of the molecule is O=[N+]([O-])c1ccc(OCC(F)(F)CO)nc1. The predicted molar refractivity (Wildman–Crippen MR) is 48.4 cm³/mol. The molecule has 0 fully saturated rings.